The van der Waals surface area contributed by atoms with Gasteiger partial charge in [-0.2, -0.15) is 18.3 Å². The van der Waals surface area contributed by atoms with E-state index in [-0.39, 0.29) is 30.5 Å². The van der Waals surface area contributed by atoms with Gasteiger partial charge < -0.3 is 4.90 Å². The van der Waals surface area contributed by atoms with E-state index in [9.17, 15) is 22.4 Å². The first-order valence-electron chi connectivity index (χ1n) is 7.39. The number of hydrogen-bond donors (Lipinski definition) is 0. The molecule has 10 heteroatoms. The third-order valence-corrected chi connectivity index (χ3v) is 4.05. The van der Waals surface area contributed by atoms with Crippen LogP contribution in [0.5, 0.6) is 0 Å². The number of halogens is 4. The molecule has 1 amide bonds. The Balaban J connectivity index is 2.16. The highest BCUT2D eigenvalue weighted by atomic mass is 32.2. The van der Waals surface area contributed by atoms with Crippen LogP contribution in [0.3, 0.4) is 0 Å². The van der Waals surface area contributed by atoms with Crippen molar-refractivity contribution in [1.29, 1.82) is 0 Å². The van der Waals surface area contributed by atoms with Crippen molar-refractivity contribution >= 4 is 23.4 Å². The Labute approximate surface area is 146 Å². The van der Waals surface area contributed by atoms with Gasteiger partial charge in [0, 0.05) is 24.8 Å². The molecule has 2 aromatic rings. The standard InChI is InChI=1S/C15H16F4N4OS/c1-3-22(14(24)4-5-25-15(17,18)19)13-9-23(21-10(13)2)12-6-11(16)7-20-8-12/h6-9H,3-5H2,1-2H3. The van der Waals surface area contributed by atoms with Crippen molar-refractivity contribution in [2.45, 2.75) is 25.8 Å². The average Bonchev–Trinajstić information content (AvgIpc) is 2.89. The predicted molar refractivity (Wildman–Crippen MR) is 87.2 cm³/mol. The Morgan fingerprint density at radius 3 is 2.68 bits per heavy atom. The summed E-state index contributed by atoms with van der Waals surface area (Å²) >= 11 is -0.225. The zero-order chi connectivity index (χ0) is 18.6. The summed E-state index contributed by atoms with van der Waals surface area (Å²) in [5.41, 5.74) is -3.01. The molecule has 0 atom stereocenters. The molecule has 25 heavy (non-hydrogen) atoms. The maximum absolute atomic E-state index is 13.3. The Kier molecular flexibility index (Phi) is 6.04. The number of carbonyl (C=O) groups is 1. The lowest BCUT2D eigenvalue weighted by atomic mass is 10.3. The molecule has 0 aliphatic carbocycles. The molecule has 0 aromatic carbocycles. The Bertz CT molecular complexity index is 747. The predicted octanol–water partition coefficient (Wildman–Crippen LogP) is 3.71. The molecule has 0 fully saturated rings. The number of hydrogen-bond acceptors (Lipinski definition) is 4. The van der Waals surface area contributed by atoms with Crippen LogP contribution in [-0.2, 0) is 4.79 Å². The third-order valence-electron chi connectivity index (χ3n) is 3.32. The largest absolute Gasteiger partial charge is 0.441 e. The number of thioether (sulfide) groups is 1. The molecule has 0 aliphatic rings. The summed E-state index contributed by atoms with van der Waals surface area (Å²) in [5, 5.41) is 4.22. The van der Waals surface area contributed by atoms with Crippen LogP contribution < -0.4 is 4.90 Å². The Hall–Kier alpha value is -2.10. The van der Waals surface area contributed by atoms with Gasteiger partial charge in [-0.25, -0.2) is 9.07 Å². The summed E-state index contributed by atoms with van der Waals surface area (Å²) in [6.07, 6.45) is 3.76. The van der Waals surface area contributed by atoms with E-state index < -0.39 is 17.2 Å². The molecule has 5 nitrogen and oxygen atoms in total. The van der Waals surface area contributed by atoms with Gasteiger partial charge in [0.05, 0.1) is 35.7 Å². The van der Waals surface area contributed by atoms with Gasteiger partial charge in [0.25, 0.3) is 0 Å². The first-order valence-corrected chi connectivity index (χ1v) is 8.38. The minimum absolute atomic E-state index is 0.225. The number of aromatic nitrogens is 3. The number of amides is 1. The number of alkyl halides is 3. The number of carbonyl (C=O) groups excluding carboxylic acids is 1. The number of anilines is 1. The zero-order valence-corrected chi connectivity index (χ0v) is 14.4. The monoisotopic (exact) mass is 376 g/mol. The van der Waals surface area contributed by atoms with Crippen LogP contribution >= 0.6 is 11.8 Å². The second-order valence-corrected chi connectivity index (χ2v) is 6.25. The summed E-state index contributed by atoms with van der Waals surface area (Å²) in [7, 11) is 0. The minimum Gasteiger partial charge on any atom is -0.310 e. The van der Waals surface area contributed by atoms with Gasteiger partial charge in [0.15, 0.2) is 0 Å². The van der Waals surface area contributed by atoms with Crippen LogP contribution in [0.1, 0.15) is 19.0 Å². The molecule has 0 saturated carbocycles. The second-order valence-electron chi connectivity index (χ2n) is 5.09. The zero-order valence-electron chi connectivity index (χ0n) is 13.5. The van der Waals surface area contributed by atoms with Gasteiger partial charge in [-0.3, -0.25) is 9.78 Å². The minimum atomic E-state index is -4.36. The topological polar surface area (TPSA) is 51.0 Å². The summed E-state index contributed by atoms with van der Waals surface area (Å²) in [5.74, 6) is -1.31. The molecule has 136 valence electrons. The van der Waals surface area contributed by atoms with Gasteiger partial charge in [-0.1, -0.05) is 11.8 Å². The Morgan fingerprint density at radius 2 is 2.08 bits per heavy atom. The fourth-order valence-corrected chi connectivity index (χ4v) is 2.75. The van der Waals surface area contributed by atoms with E-state index >= 15 is 0 Å². The smallest absolute Gasteiger partial charge is 0.310 e. The number of nitrogens with zero attached hydrogens (tertiary/aromatic N) is 4. The van der Waals surface area contributed by atoms with Crippen molar-refractivity contribution in [2.75, 3.05) is 17.2 Å². The van der Waals surface area contributed by atoms with Gasteiger partial charge in [0.1, 0.15) is 5.82 Å². The molecule has 2 heterocycles. The van der Waals surface area contributed by atoms with Gasteiger partial charge in [-0.15, -0.1) is 0 Å². The molecule has 0 bridgehead atoms. The fraction of sp³-hybridized carbons (Fsp3) is 0.400. The van der Waals surface area contributed by atoms with Crippen molar-refractivity contribution in [3.63, 3.8) is 0 Å². The molecule has 0 N–H and O–H groups in total. The van der Waals surface area contributed by atoms with Crippen LogP contribution in [0.4, 0.5) is 23.2 Å². The van der Waals surface area contributed by atoms with Crippen molar-refractivity contribution in [3.8, 4) is 5.69 Å². The van der Waals surface area contributed by atoms with Gasteiger partial charge in [-0.05, 0) is 13.8 Å². The van der Waals surface area contributed by atoms with E-state index in [1.54, 1.807) is 13.8 Å². The summed E-state index contributed by atoms with van der Waals surface area (Å²) < 4.78 is 51.2. The quantitative estimate of drug-likeness (QED) is 0.722. The van der Waals surface area contributed by atoms with Crippen molar-refractivity contribution < 1.29 is 22.4 Å². The summed E-state index contributed by atoms with van der Waals surface area (Å²) in [6, 6.07) is 1.24. The fourth-order valence-electron chi connectivity index (χ4n) is 2.24. The van der Waals surface area contributed by atoms with E-state index in [4.69, 9.17) is 0 Å². The number of aryl methyl sites for hydroxylation is 1. The lowest BCUT2D eigenvalue weighted by Gasteiger charge is -2.20. The van der Waals surface area contributed by atoms with E-state index in [0.29, 0.717) is 17.1 Å². The summed E-state index contributed by atoms with van der Waals surface area (Å²) in [4.78, 5) is 17.3. The first kappa shape index (κ1) is 19.2. The van der Waals surface area contributed by atoms with E-state index in [0.717, 1.165) is 6.20 Å². The molecule has 0 saturated heterocycles. The first-order chi connectivity index (χ1) is 11.7. The number of pyridine rings is 1. The normalized spacial score (nSPS) is 11.6. The molecule has 0 radical (unpaired) electrons. The van der Waals surface area contributed by atoms with Crippen molar-refractivity contribution in [3.05, 3.63) is 36.2 Å². The number of rotatable bonds is 6. The van der Waals surface area contributed by atoms with Crippen molar-refractivity contribution in [2.24, 2.45) is 0 Å². The maximum Gasteiger partial charge on any atom is 0.441 e. The van der Waals surface area contributed by atoms with E-state index in [1.165, 1.54) is 28.0 Å². The van der Waals surface area contributed by atoms with Gasteiger partial charge >= 0.3 is 5.51 Å². The van der Waals surface area contributed by atoms with Crippen LogP contribution in [-0.4, -0.2) is 38.5 Å². The average molecular weight is 376 g/mol. The molecular weight excluding hydrogens is 360 g/mol. The van der Waals surface area contributed by atoms with Gasteiger partial charge in [0.2, 0.25) is 5.91 Å². The molecule has 0 spiro atoms. The lowest BCUT2D eigenvalue weighted by Crippen LogP contribution is -2.31. The van der Waals surface area contributed by atoms with Crippen LogP contribution in [0, 0.1) is 12.7 Å². The molecule has 0 unspecified atom stereocenters. The second kappa shape index (κ2) is 7.85. The molecule has 0 aliphatic heterocycles. The highest BCUT2D eigenvalue weighted by Crippen LogP contribution is 2.31. The highest BCUT2D eigenvalue weighted by Gasteiger charge is 2.28. The Morgan fingerprint density at radius 1 is 1.36 bits per heavy atom. The van der Waals surface area contributed by atoms with Crippen molar-refractivity contribution in [1.82, 2.24) is 14.8 Å². The highest BCUT2D eigenvalue weighted by molar-refractivity contribution is 8.00. The molecular formula is C15H16F4N4OS. The molecule has 2 rings (SSSR count). The lowest BCUT2D eigenvalue weighted by molar-refractivity contribution is -0.118. The van der Waals surface area contributed by atoms with E-state index in [2.05, 4.69) is 10.1 Å². The maximum atomic E-state index is 13.3. The van der Waals surface area contributed by atoms with Crippen LogP contribution in [0.25, 0.3) is 5.69 Å². The summed E-state index contributed by atoms with van der Waals surface area (Å²) in [6.45, 7) is 3.66. The van der Waals surface area contributed by atoms with E-state index in [1.807, 2.05) is 0 Å². The van der Waals surface area contributed by atoms with Crippen LogP contribution in [0.15, 0.2) is 24.7 Å². The van der Waals surface area contributed by atoms with Crippen LogP contribution in [0.2, 0.25) is 0 Å². The third kappa shape index (κ3) is 5.18. The SMILES string of the molecule is CCN(C(=O)CCSC(F)(F)F)c1cn(-c2cncc(F)c2)nc1C. The molecule has 2 aromatic heterocycles.